The Kier molecular flexibility index (Phi) is 3.76. The average molecular weight is 334 g/mol. The van der Waals surface area contributed by atoms with E-state index in [4.69, 9.17) is 9.84 Å². The normalized spacial score (nSPS) is 11.9. The molecule has 3 aromatic rings. The fraction of sp³-hybridized carbons (Fsp3) is 0.200. The third-order valence-corrected chi connectivity index (χ3v) is 4.33. The smallest absolute Gasteiger partial charge is 0.335 e. The molecule has 4 rings (SSSR count). The monoisotopic (exact) mass is 334 g/mol. The number of rotatable bonds is 5. The van der Waals surface area contributed by atoms with Crippen molar-refractivity contribution in [3.05, 3.63) is 65.4 Å². The Morgan fingerprint density at radius 3 is 2.92 bits per heavy atom. The van der Waals surface area contributed by atoms with Gasteiger partial charge in [0.05, 0.1) is 23.6 Å². The first-order valence-electron chi connectivity index (χ1n) is 8.34. The minimum atomic E-state index is -0.938. The zero-order chi connectivity index (χ0) is 17.4. The van der Waals surface area contributed by atoms with E-state index in [9.17, 15) is 4.79 Å². The molecule has 1 aliphatic rings. The van der Waals surface area contributed by atoms with E-state index < -0.39 is 5.97 Å². The van der Waals surface area contributed by atoms with Crippen LogP contribution < -0.4 is 4.74 Å². The maximum absolute atomic E-state index is 11.2. The first-order chi connectivity index (χ1) is 12.2. The third-order valence-electron chi connectivity index (χ3n) is 4.33. The Hall–Kier alpha value is -3.08. The van der Waals surface area contributed by atoms with Crippen LogP contribution in [0.15, 0.2) is 48.7 Å². The van der Waals surface area contributed by atoms with Crippen LogP contribution in [0.1, 0.15) is 34.8 Å². The zero-order valence-corrected chi connectivity index (χ0v) is 13.9. The number of ether oxygens (including phenoxy) is 1. The second-order valence-electron chi connectivity index (χ2n) is 6.15. The van der Waals surface area contributed by atoms with Crippen molar-refractivity contribution in [2.24, 2.45) is 0 Å². The summed E-state index contributed by atoms with van der Waals surface area (Å²) in [4.78, 5) is 11.2. The van der Waals surface area contributed by atoms with E-state index >= 15 is 0 Å². The number of carboxylic acids is 1. The van der Waals surface area contributed by atoms with Gasteiger partial charge in [-0.1, -0.05) is 13.0 Å². The highest BCUT2D eigenvalue weighted by Gasteiger charge is 2.23. The molecule has 0 atom stereocenters. The lowest BCUT2D eigenvalue weighted by molar-refractivity contribution is 0.0697. The molecular formula is C20H18N2O3. The van der Waals surface area contributed by atoms with Gasteiger partial charge in [-0.15, -0.1) is 0 Å². The minimum absolute atomic E-state index is 0.256. The lowest BCUT2D eigenvalue weighted by Crippen LogP contribution is -2.01. The highest BCUT2D eigenvalue weighted by Crippen LogP contribution is 2.37. The van der Waals surface area contributed by atoms with Crippen LogP contribution in [0, 0.1) is 0 Å². The Balaban J connectivity index is 1.66. The molecule has 5 nitrogen and oxygen atoms in total. The molecule has 1 N–H and O–H groups in total. The summed E-state index contributed by atoms with van der Waals surface area (Å²) >= 11 is 0. The maximum Gasteiger partial charge on any atom is 0.335 e. The number of hydrogen-bond donors (Lipinski definition) is 1. The van der Waals surface area contributed by atoms with Crippen LogP contribution in [0.3, 0.4) is 0 Å². The SMILES string of the molecule is CCCOc1ccc2c(c1)Cc1cn(-c3cccc(C(=O)O)c3)nc1-2. The maximum atomic E-state index is 11.2. The molecule has 0 aliphatic heterocycles. The molecule has 126 valence electrons. The predicted molar refractivity (Wildman–Crippen MR) is 94.6 cm³/mol. The van der Waals surface area contributed by atoms with Crippen LogP contribution in [-0.2, 0) is 6.42 Å². The van der Waals surface area contributed by atoms with Crippen molar-refractivity contribution < 1.29 is 14.6 Å². The minimum Gasteiger partial charge on any atom is -0.494 e. The van der Waals surface area contributed by atoms with Gasteiger partial charge in [0, 0.05) is 23.7 Å². The summed E-state index contributed by atoms with van der Waals surface area (Å²) in [5.74, 6) is -0.0423. The van der Waals surface area contributed by atoms with Crippen LogP contribution >= 0.6 is 0 Å². The number of benzene rings is 2. The van der Waals surface area contributed by atoms with Crippen molar-refractivity contribution in [1.82, 2.24) is 9.78 Å². The standard InChI is InChI=1S/C20H18N2O3/c1-2-8-25-17-6-7-18-14(11-17)9-15-12-22(21-19(15)18)16-5-3-4-13(10-16)20(23)24/h3-7,10-12H,2,8-9H2,1H3,(H,23,24). The fourth-order valence-corrected chi connectivity index (χ4v) is 3.14. The van der Waals surface area contributed by atoms with Gasteiger partial charge in [-0.05, 0) is 48.4 Å². The molecule has 1 aliphatic carbocycles. The molecule has 0 unspecified atom stereocenters. The van der Waals surface area contributed by atoms with E-state index in [0.29, 0.717) is 0 Å². The first-order valence-corrected chi connectivity index (χ1v) is 8.34. The van der Waals surface area contributed by atoms with Gasteiger partial charge in [-0.2, -0.15) is 5.10 Å². The van der Waals surface area contributed by atoms with E-state index in [2.05, 4.69) is 24.2 Å². The Labute approximate surface area is 145 Å². The first kappa shape index (κ1) is 15.4. The molecule has 0 saturated carbocycles. The van der Waals surface area contributed by atoms with Gasteiger partial charge < -0.3 is 9.84 Å². The van der Waals surface area contributed by atoms with Crippen molar-refractivity contribution >= 4 is 5.97 Å². The van der Waals surface area contributed by atoms with Gasteiger partial charge in [-0.3, -0.25) is 0 Å². The van der Waals surface area contributed by atoms with E-state index in [1.54, 1.807) is 22.9 Å². The molecule has 0 saturated heterocycles. The number of carbonyl (C=O) groups is 1. The van der Waals surface area contributed by atoms with Crippen molar-refractivity contribution in [1.29, 1.82) is 0 Å². The molecular weight excluding hydrogens is 316 g/mol. The van der Waals surface area contributed by atoms with Crippen LogP contribution in [0.25, 0.3) is 16.9 Å². The summed E-state index contributed by atoms with van der Waals surface area (Å²) in [5.41, 5.74) is 5.44. The molecule has 2 aromatic carbocycles. The average Bonchev–Trinajstić information content (AvgIpc) is 3.17. The predicted octanol–water partition coefficient (Wildman–Crippen LogP) is 3.93. The Bertz CT molecular complexity index is 959. The van der Waals surface area contributed by atoms with Gasteiger partial charge >= 0.3 is 5.97 Å². The molecule has 0 fully saturated rings. The third kappa shape index (κ3) is 2.78. The summed E-state index contributed by atoms with van der Waals surface area (Å²) in [6.45, 7) is 2.81. The topological polar surface area (TPSA) is 64.3 Å². The highest BCUT2D eigenvalue weighted by atomic mass is 16.5. The Morgan fingerprint density at radius 1 is 1.24 bits per heavy atom. The summed E-state index contributed by atoms with van der Waals surface area (Å²) in [7, 11) is 0. The lowest BCUT2D eigenvalue weighted by Gasteiger charge is -2.07. The molecule has 0 amide bonds. The van der Waals surface area contributed by atoms with Crippen LogP contribution in [0.5, 0.6) is 5.75 Å². The summed E-state index contributed by atoms with van der Waals surface area (Å²) in [6, 6.07) is 12.9. The van der Waals surface area contributed by atoms with E-state index in [1.807, 2.05) is 18.3 Å². The van der Waals surface area contributed by atoms with E-state index in [0.717, 1.165) is 47.7 Å². The summed E-state index contributed by atoms with van der Waals surface area (Å²) < 4.78 is 7.45. The van der Waals surface area contributed by atoms with Crippen molar-refractivity contribution in [2.75, 3.05) is 6.61 Å². The molecule has 1 heterocycles. The van der Waals surface area contributed by atoms with Gasteiger partial charge in [0.2, 0.25) is 0 Å². The molecule has 0 bridgehead atoms. The van der Waals surface area contributed by atoms with Crippen molar-refractivity contribution in [3.8, 4) is 22.7 Å². The fourth-order valence-electron chi connectivity index (χ4n) is 3.14. The highest BCUT2D eigenvalue weighted by molar-refractivity contribution is 5.88. The van der Waals surface area contributed by atoms with E-state index in [1.165, 1.54) is 5.56 Å². The number of aromatic nitrogens is 2. The number of nitrogens with zero attached hydrogens (tertiary/aromatic N) is 2. The van der Waals surface area contributed by atoms with Crippen LogP contribution in [-0.4, -0.2) is 27.5 Å². The summed E-state index contributed by atoms with van der Waals surface area (Å²) in [6.07, 6.45) is 3.77. The van der Waals surface area contributed by atoms with Crippen molar-refractivity contribution in [2.45, 2.75) is 19.8 Å². The molecule has 5 heteroatoms. The quantitative estimate of drug-likeness (QED) is 0.600. The summed E-state index contributed by atoms with van der Waals surface area (Å²) in [5, 5.41) is 13.8. The van der Waals surface area contributed by atoms with Gasteiger partial charge in [0.15, 0.2) is 0 Å². The van der Waals surface area contributed by atoms with Gasteiger partial charge in [-0.25, -0.2) is 9.48 Å². The number of carboxylic acid groups (broad SMARTS) is 1. The van der Waals surface area contributed by atoms with Gasteiger partial charge in [0.25, 0.3) is 0 Å². The number of aromatic carboxylic acids is 1. The number of hydrogen-bond acceptors (Lipinski definition) is 3. The largest absolute Gasteiger partial charge is 0.494 e. The van der Waals surface area contributed by atoms with Gasteiger partial charge in [0.1, 0.15) is 5.75 Å². The lowest BCUT2D eigenvalue weighted by atomic mass is 10.1. The molecule has 25 heavy (non-hydrogen) atoms. The van der Waals surface area contributed by atoms with E-state index in [-0.39, 0.29) is 5.56 Å². The zero-order valence-electron chi connectivity index (χ0n) is 13.9. The molecule has 0 radical (unpaired) electrons. The second kappa shape index (κ2) is 6.09. The van der Waals surface area contributed by atoms with Crippen LogP contribution in [0.2, 0.25) is 0 Å². The van der Waals surface area contributed by atoms with Crippen molar-refractivity contribution in [3.63, 3.8) is 0 Å². The molecule has 1 aromatic heterocycles. The molecule has 0 spiro atoms. The Morgan fingerprint density at radius 2 is 2.12 bits per heavy atom. The number of fused-ring (bicyclic) bond motifs is 3. The second-order valence-corrected chi connectivity index (χ2v) is 6.15. The van der Waals surface area contributed by atoms with Crippen LogP contribution in [0.4, 0.5) is 0 Å².